The first-order valence-electron chi connectivity index (χ1n) is 4.43. The van der Waals surface area contributed by atoms with Gasteiger partial charge in [0.1, 0.15) is 0 Å². The highest BCUT2D eigenvalue weighted by Gasteiger charge is 2.35. The predicted octanol–water partition coefficient (Wildman–Crippen LogP) is 3.42. The molecule has 0 rings (SSSR count). The van der Waals surface area contributed by atoms with Crippen molar-refractivity contribution in [2.45, 2.75) is 32.4 Å². The Kier molecular flexibility index (Phi) is 5.92. The second-order valence-electron chi connectivity index (χ2n) is 2.79. The average Bonchev–Trinajstić information content (AvgIpc) is 2.09. The van der Waals surface area contributed by atoms with Gasteiger partial charge < -0.3 is 0 Å². The van der Waals surface area contributed by atoms with Crippen molar-refractivity contribution in [3.8, 4) is 0 Å². The lowest BCUT2D eigenvalue weighted by molar-refractivity contribution is -0.165. The Morgan fingerprint density at radius 2 is 1.93 bits per heavy atom. The standard InChI is InChI=1S/C10H13F3O/c1-2-3-4-5-6-7-8-9(14)10(11,12)13/h5-8H,2-4H2,1H3/b6-5+,8-7+. The molecular weight excluding hydrogens is 193 g/mol. The number of rotatable bonds is 5. The first-order chi connectivity index (χ1) is 6.48. The quantitative estimate of drug-likeness (QED) is 0.382. The van der Waals surface area contributed by atoms with Crippen LogP contribution in [0, 0.1) is 0 Å². The Morgan fingerprint density at radius 3 is 2.43 bits per heavy atom. The van der Waals surface area contributed by atoms with E-state index < -0.39 is 12.0 Å². The van der Waals surface area contributed by atoms with Gasteiger partial charge in [0.25, 0.3) is 5.78 Å². The van der Waals surface area contributed by atoms with Crippen molar-refractivity contribution in [1.82, 2.24) is 0 Å². The van der Waals surface area contributed by atoms with Crippen LogP contribution in [0.1, 0.15) is 26.2 Å². The maximum atomic E-state index is 11.7. The zero-order valence-corrected chi connectivity index (χ0v) is 7.97. The van der Waals surface area contributed by atoms with E-state index in [9.17, 15) is 18.0 Å². The molecule has 0 aromatic heterocycles. The molecule has 14 heavy (non-hydrogen) atoms. The van der Waals surface area contributed by atoms with E-state index in [2.05, 4.69) is 0 Å². The van der Waals surface area contributed by atoms with Crippen LogP contribution in [0.4, 0.5) is 13.2 Å². The number of hydrogen-bond acceptors (Lipinski definition) is 1. The number of carbonyl (C=O) groups excluding carboxylic acids is 1. The molecule has 80 valence electrons. The van der Waals surface area contributed by atoms with Crippen molar-refractivity contribution in [2.75, 3.05) is 0 Å². The normalized spacial score (nSPS) is 12.9. The van der Waals surface area contributed by atoms with E-state index >= 15 is 0 Å². The number of carbonyl (C=O) groups is 1. The fourth-order valence-electron chi connectivity index (χ4n) is 0.734. The van der Waals surface area contributed by atoms with Gasteiger partial charge in [0.15, 0.2) is 0 Å². The maximum absolute atomic E-state index is 11.7. The lowest BCUT2D eigenvalue weighted by Gasteiger charge is -1.97. The summed E-state index contributed by atoms with van der Waals surface area (Å²) in [5, 5.41) is 0. The third kappa shape index (κ3) is 6.46. The lowest BCUT2D eigenvalue weighted by Crippen LogP contribution is -2.19. The number of ketones is 1. The third-order valence-electron chi connectivity index (χ3n) is 1.50. The highest BCUT2D eigenvalue weighted by atomic mass is 19.4. The van der Waals surface area contributed by atoms with E-state index in [-0.39, 0.29) is 0 Å². The smallest absolute Gasteiger partial charge is 0.285 e. The van der Waals surface area contributed by atoms with E-state index in [1.165, 1.54) is 6.08 Å². The molecule has 4 heteroatoms. The minimum Gasteiger partial charge on any atom is -0.285 e. The van der Waals surface area contributed by atoms with Crippen molar-refractivity contribution < 1.29 is 18.0 Å². The molecule has 0 saturated heterocycles. The SMILES string of the molecule is CCCC/C=C/C=C/C(=O)C(F)(F)F. The summed E-state index contributed by atoms with van der Waals surface area (Å²) in [6.45, 7) is 2.02. The summed E-state index contributed by atoms with van der Waals surface area (Å²) >= 11 is 0. The second-order valence-corrected chi connectivity index (χ2v) is 2.79. The van der Waals surface area contributed by atoms with E-state index in [4.69, 9.17) is 0 Å². The van der Waals surface area contributed by atoms with Gasteiger partial charge in [-0.15, -0.1) is 0 Å². The van der Waals surface area contributed by atoms with Gasteiger partial charge in [-0.25, -0.2) is 0 Å². The molecule has 0 unspecified atom stereocenters. The van der Waals surface area contributed by atoms with E-state index in [1.807, 2.05) is 6.92 Å². The fraction of sp³-hybridized carbons (Fsp3) is 0.500. The number of hydrogen-bond donors (Lipinski definition) is 0. The van der Waals surface area contributed by atoms with Crippen LogP contribution >= 0.6 is 0 Å². The minimum atomic E-state index is -4.76. The molecule has 0 aliphatic carbocycles. The molecule has 0 atom stereocenters. The number of alkyl halides is 3. The first kappa shape index (κ1) is 12.9. The van der Waals surface area contributed by atoms with Crippen molar-refractivity contribution in [1.29, 1.82) is 0 Å². The molecule has 0 bridgehead atoms. The molecule has 0 fully saturated rings. The van der Waals surface area contributed by atoms with E-state index in [1.54, 1.807) is 6.08 Å². The Labute approximate surface area is 81.3 Å². The molecule has 0 N–H and O–H groups in total. The largest absolute Gasteiger partial charge is 0.454 e. The van der Waals surface area contributed by atoms with Gasteiger partial charge in [0.05, 0.1) is 0 Å². The van der Waals surface area contributed by atoms with Crippen molar-refractivity contribution in [2.24, 2.45) is 0 Å². The Balaban J connectivity index is 3.83. The van der Waals surface area contributed by atoms with Crippen molar-refractivity contribution in [3.63, 3.8) is 0 Å². The molecule has 1 nitrogen and oxygen atoms in total. The second kappa shape index (κ2) is 6.40. The number of halogens is 3. The molecule has 0 aliphatic heterocycles. The van der Waals surface area contributed by atoms with Gasteiger partial charge >= 0.3 is 6.18 Å². The summed E-state index contributed by atoms with van der Waals surface area (Å²) in [6.07, 6.45) is 2.94. The number of allylic oxidation sites excluding steroid dienone is 4. The molecule has 0 heterocycles. The molecular formula is C10H13F3O. The van der Waals surface area contributed by atoms with Crippen LogP contribution in [-0.4, -0.2) is 12.0 Å². The summed E-state index contributed by atoms with van der Waals surface area (Å²) in [5.41, 5.74) is 0. The lowest BCUT2D eigenvalue weighted by atomic mass is 10.2. The van der Waals surface area contributed by atoms with Gasteiger partial charge in [-0.05, 0) is 12.5 Å². The topological polar surface area (TPSA) is 17.1 Å². The maximum Gasteiger partial charge on any atom is 0.454 e. The Hall–Kier alpha value is -1.06. The molecule has 0 aliphatic rings. The molecule has 0 amide bonds. The zero-order valence-electron chi connectivity index (χ0n) is 7.97. The molecule has 0 saturated carbocycles. The molecule has 0 spiro atoms. The summed E-state index contributed by atoms with van der Waals surface area (Å²) in [6, 6.07) is 0. The Bertz CT molecular complexity index is 226. The zero-order chi connectivity index (χ0) is 11.0. The van der Waals surface area contributed by atoms with Gasteiger partial charge in [0.2, 0.25) is 0 Å². The van der Waals surface area contributed by atoms with Crippen molar-refractivity contribution >= 4 is 5.78 Å². The number of unbranched alkanes of at least 4 members (excludes halogenated alkanes) is 2. The van der Waals surface area contributed by atoms with Crippen LogP contribution in [0.25, 0.3) is 0 Å². The van der Waals surface area contributed by atoms with Crippen LogP contribution < -0.4 is 0 Å². The summed E-state index contributed by atoms with van der Waals surface area (Å²) < 4.78 is 35.0. The van der Waals surface area contributed by atoms with E-state index in [0.717, 1.165) is 25.3 Å². The van der Waals surface area contributed by atoms with Gasteiger partial charge in [0, 0.05) is 0 Å². The molecule has 0 aromatic rings. The monoisotopic (exact) mass is 206 g/mol. The summed E-state index contributed by atoms with van der Waals surface area (Å²) in [7, 11) is 0. The Morgan fingerprint density at radius 1 is 1.29 bits per heavy atom. The minimum absolute atomic E-state index is 0.530. The average molecular weight is 206 g/mol. The van der Waals surface area contributed by atoms with Crippen LogP contribution in [0.5, 0.6) is 0 Å². The van der Waals surface area contributed by atoms with Crippen LogP contribution in [0.2, 0.25) is 0 Å². The predicted molar refractivity (Wildman–Crippen MR) is 48.9 cm³/mol. The fourth-order valence-corrected chi connectivity index (χ4v) is 0.734. The molecule has 0 radical (unpaired) electrons. The van der Waals surface area contributed by atoms with Crippen molar-refractivity contribution in [3.05, 3.63) is 24.3 Å². The van der Waals surface area contributed by atoms with Crippen LogP contribution in [0.3, 0.4) is 0 Å². The highest BCUT2D eigenvalue weighted by Crippen LogP contribution is 2.16. The van der Waals surface area contributed by atoms with Gasteiger partial charge in [-0.1, -0.05) is 38.0 Å². The highest BCUT2D eigenvalue weighted by molar-refractivity contribution is 5.94. The molecule has 0 aromatic carbocycles. The van der Waals surface area contributed by atoms with Gasteiger partial charge in [-0.3, -0.25) is 4.79 Å². The van der Waals surface area contributed by atoms with E-state index in [0.29, 0.717) is 6.08 Å². The summed E-state index contributed by atoms with van der Waals surface area (Å²) in [5.74, 6) is -1.82. The summed E-state index contributed by atoms with van der Waals surface area (Å²) in [4.78, 5) is 10.3. The van der Waals surface area contributed by atoms with Gasteiger partial charge in [-0.2, -0.15) is 13.2 Å². The van der Waals surface area contributed by atoms with Crippen LogP contribution in [0.15, 0.2) is 24.3 Å². The third-order valence-corrected chi connectivity index (χ3v) is 1.50. The first-order valence-corrected chi connectivity index (χ1v) is 4.43. The van der Waals surface area contributed by atoms with Crippen LogP contribution in [-0.2, 0) is 4.79 Å².